The lowest BCUT2D eigenvalue weighted by Gasteiger charge is -2.33. The fourth-order valence-corrected chi connectivity index (χ4v) is 3.07. The number of nitrogens with zero attached hydrogens (tertiary/aromatic N) is 2. The molecule has 0 saturated carbocycles. The summed E-state index contributed by atoms with van der Waals surface area (Å²) in [6.45, 7) is 0.777. The van der Waals surface area contributed by atoms with Gasteiger partial charge in [-0.2, -0.15) is 13.2 Å². The second kappa shape index (κ2) is 7.88. The first-order chi connectivity index (χ1) is 11.3. The van der Waals surface area contributed by atoms with E-state index in [9.17, 15) is 18.0 Å². The summed E-state index contributed by atoms with van der Waals surface area (Å²) >= 11 is 0. The first-order valence-corrected chi connectivity index (χ1v) is 8.08. The molecule has 1 fully saturated rings. The Kier molecular flexibility index (Phi) is 6.10. The zero-order chi connectivity index (χ0) is 17.7. The molecule has 0 spiro atoms. The topological polar surface area (TPSA) is 35.6 Å². The van der Waals surface area contributed by atoms with Gasteiger partial charge in [0.1, 0.15) is 6.54 Å². The quantitative estimate of drug-likeness (QED) is 0.893. The van der Waals surface area contributed by atoms with Gasteiger partial charge in [-0.05, 0) is 31.0 Å². The number of anilines is 1. The summed E-state index contributed by atoms with van der Waals surface area (Å²) in [6.07, 6.45) is -2.92. The monoisotopic (exact) mass is 343 g/mol. The summed E-state index contributed by atoms with van der Waals surface area (Å²) in [5.74, 6) is -0.884. The highest BCUT2D eigenvalue weighted by molar-refractivity contribution is 5.79. The minimum atomic E-state index is -4.37. The van der Waals surface area contributed by atoms with Gasteiger partial charge in [0.25, 0.3) is 0 Å². The van der Waals surface area contributed by atoms with E-state index in [0.29, 0.717) is 19.5 Å². The van der Waals surface area contributed by atoms with Crippen LogP contribution >= 0.6 is 0 Å². The molecule has 0 aliphatic carbocycles. The molecule has 4 nitrogen and oxygen atoms in total. The van der Waals surface area contributed by atoms with E-state index in [1.54, 1.807) is 0 Å². The van der Waals surface area contributed by atoms with E-state index in [0.717, 1.165) is 24.2 Å². The van der Waals surface area contributed by atoms with Gasteiger partial charge in [0.2, 0.25) is 5.91 Å². The normalized spacial score (nSPS) is 19.1. The molecule has 1 N–H and O–H groups in total. The molecule has 24 heavy (non-hydrogen) atoms. The largest absolute Gasteiger partial charge is 0.405 e. The fraction of sp³-hybridized carbons (Fsp3) is 0.588. The van der Waals surface area contributed by atoms with E-state index in [2.05, 4.69) is 4.90 Å². The summed E-state index contributed by atoms with van der Waals surface area (Å²) in [5.41, 5.74) is 2.26. The Morgan fingerprint density at radius 3 is 2.71 bits per heavy atom. The number of alkyl halides is 3. The minimum absolute atomic E-state index is 0.382. The summed E-state index contributed by atoms with van der Waals surface area (Å²) in [6, 6.07) is 8.03. The van der Waals surface area contributed by atoms with Gasteiger partial charge in [-0.15, -0.1) is 0 Å². The van der Waals surface area contributed by atoms with Gasteiger partial charge in [0, 0.05) is 32.9 Å². The molecule has 0 bridgehead atoms. The van der Waals surface area contributed by atoms with Gasteiger partial charge in [-0.25, -0.2) is 0 Å². The Hall–Kier alpha value is -1.76. The minimum Gasteiger partial charge on any atom is -0.377 e. The van der Waals surface area contributed by atoms with Crippen LogP contribution in [0.1, 0.15) is 18.4 Å². The first-order valence-electron chi connectivity index (χ1n) is 8.08. The molecule has 134 valence electrons. The lowest BCUT2D eigenvalue weighted by molar-refractivity contribution is -0.141. The predicted molar refractivity (Wildman–Crippen MR) is 87.8 cm³/mol. The summed E-state index contributed by atoms with van der Waals surface area (Å²) in [5, 5.41) is 2.01. The van der Waals surface area contributed by atoms with Crippen LogP contribution in [0.4, 0.5) is 18.9 Å². The highest BCUT2D eigenvalue weighted by Gasteiger charge is 2.31. The molecule has 0 unspecified atom stereocenters. The molecule has 0 radical (unpaired) electrons. The molecule has 2 rings (SSSR count). The maximum absolute atomic E-state index is 12.2. The number of hydrogen-bond acceptors (Lipinski definition) is 3. The van der Waals surface area contributed by atoms with Gasteiger partial charge >= 0.3 is 6.18 Å². The van der Waals surface area contributed by atoms with Crippen LogP contribution in [0.2, 0.25) is 0 Å². The van der Waals surface area contributed by atoms with Crippen LogP contribution < -0.4 is 10.2 Å². The number of carbonyl (C=O) groups excluding carboxylic acids is 1. The van der Waals surface area contributed by atoms with Crippen molar-refractivity contribution in [3.8, 4) is 0 Å². The molecule has 1 heterocycles. The lowest BCUT2D eigenvalue weighted by Crippen LogP contribution is -2.44. The van der Waals surface area contributed by atoms with Gasteiger partial charge in [0.05, 0.1) is 5.92 Å². The van der Waals surface area contributed by atoms with Gasteiger partial charge in [-0.1, -0.05) is 18.2 Å². The van der Waals surface area contributed by atoms with Crippen molar-refractivity contribution >= 4 is 11.6 Å². The number of likely N-dealkylation sites (tertiary alicyclic amines) is 1. The number of amides is 1. The zero-order valence-corrected chi connectivity index (χ0v) is 14.1. The maximum atomic E-state index is 12.2. The number of piperidine rings is 1. The molecule has 1 aliphatic rings. The second-order valence-corrected chi connectivity index (χ2v) is 6.43. The molecule has 7 heteroatoms. The molecule has 1 aliphatic heterocycles. The highest BCUT2D eigenvalue weighted by Crippen LogP contribution is 2.24. The molecule has 1 amide bonds. The van der Waals surface area contributed by atoms with Crippen LogP contribution in [0.15, 0.2) is 24.3 Å². The van der Waals surface area contributed by atoms with E-state index in [4.69, 9.17) is 0 Å². The molecule has 0 aromatic heterocycles. The van der Waals surface area contributed by atoms with Gasteiger partial charge < -0.3 is 10.2 Å². The van der Waals surface area contributed by atoms with Crippen molar-refractivity contribution in [3.63, 3.8) is 0 Å². The molecule has 1 aromatic rings. The standard InChI is InChI=1S/C17H24F3N3O/c1-22(2)15-8-4-3-6-13(15)10-23-9-5-7-14(11-23)16(24)21-12-17(18,19)20/h3-4,6,8,14H,5,7,9-12H2,1-2H3,(H,21,24)/t14-/m0/s1. The molecule has 1 saturated heterocycles. The predicted octanol–water partition coefficient (Wildman–Crippen LogP) is 2.64. The smallest absolute Gasteiger partial charge is 0.377 e. The van der Waals surface area contributed by atoms with Crippen molar-refractivity contribution in [2.24, 2.45) is 5.92 Å². The summed E-state index contributed by atoms with van der Waals surface area (Å²) in [4.78, 5) is 16.1. The van der Waals surface area contributed by atoms with E-state index < -0.39 is 18.6 Å². The second-order valence-electron chi connectivity index (χ2n) is 6.43. The molecular formula is C17H24F3N3O. The summed E-state index contributed by atoms with van der Waals surface area (Å²) < 4.78 is 36.7. The van der Waals surface area contributed by atoms with Gasteiger partial charge in [0.15, 0.2) is 0 Å². The Balaban J connectivity index is 1.95. The molecule has 1 atom stereocenters. The number of carbonyl (C=O) groups is 1. The molecule has 1 aromatic carbocycles. The van der Waals surface area contributed by atoms with Crippen LogP contribution in [0.5, 0.6) is 0 Å². The van der Waals surface area contributed by atoms with Crippen molar-refractivity contribution in [2.45, 2.75) is 25.6 Å². The number of para-hydroxylation sites is 1. The van der Waals surface area contributed by atoms with Crippen LogP contribution in [-0.4, -0.2) is 50.7 Å². The van der Waals surface area contributed by atoms with Crippen LogP contribution in [0.3, 0.4) is 0 Å². The number of halogens is 3. The van der Waals surface area contributed by atoms with Crippen molar-refractivity contribution in [2.75, 3.05) is 38.6 Å². The average molecular weight is 343 g/mol. The number of rotatable bonds is 5. The third-order valence-corrected chi connectivity index (χ3v) is 4.21. The van der Waals surface area contributed by atoms with Crippen molar-refractivity contribution in [3.05, 3.63) is 29.8 Å². The van der Waals surface area contributed by atoms with Crippen LogP contribution in [-0.2, 0) is 11.3 Å². The van der Waals surface area contributed by atoms with Crippen molar-refractivity contribution in [1.29, 1.82) is 0 Å². The van der Waals surface area contributed by atoms with E-state index in [1.807, 2.05) is 48.6 Å². The van der Waals surface area contributed by atoms with Crippen LogP contribution in [0, 0.1) is 5.92 Å². The summed E-state index contributed by atoms with van der Waals surface area (Å²) in [7, 11) is 3.95. The highest BCUT2D eigenvalue weighted by atomic mass is 19.4. The number of benzene rings is 1. The first kappa shape index (κ1) is 18.6. The SMILES string of the molecule is CN(C)c1ccccc1CN1CCC[C@H](C(=O)NCC(F)(F)F)C1. The van der Waals surface area contributed by atoms with Crippen molar-refractivity contribution < 1.29 is 18.0 Å². The Bertz CT molecular complexity index is 560. The van der Waals surface area contributed by atoms with E-state index in [1.165, 1.54) is 0 Å². The number of nitrogens with one attached hydrogen (secondary N) is 1. The van der Waals surface area contributed by atoms with E-state index in [-0.39, 0.29) is 5.92 Å². The third-order valence-electron chi connectivity index (χ3n) is 4.21. The van der Waals surface area contributed by atoms with E-state index >= 15 is 0 Å². The lowest BCUT2D eigenvalue weighted by atomic mass is 9.96. The van der Waals surface area contributed by atoms with Crippen molar-refractivity contribution in [1.82, 2.24) is 10.2 Å². The maximum Gasteiger partial charge on any atom is 0.405 e. The molecular weight excluding hydrogens is 319 g/mol. The average Bonchev–Trinajstić information content (AvgIpc) is 2.52. The van der Waals surface area contributed by atoms with Crippen LogP contribution in [0.25, 0.3) is 0 Å². The fourth-order valence-electron chi connectivity index (χ4n) is 3.07. The Labute approximate surface area is 140 Å². The zero-order valence-electron chi connectivity index (χ0n) is 14.1. The van der Waals surface area contributed by atoms with Gasteiger partial charge in [-0.3, -0.25) is 9.69 Å². The Morgan fingerprint density at radius 1 is 1.33 bits per heavy atom. The Morgan fingerprint density at radius 2 is 2.04 bits per heavy atom. The third kappa shape index (κ3) is 5.40. The number of hydrogen-bond donors (Lipinski definition) is 1.